The van der Waals surface area contributed by atoms with Crippen molar-refractivity contribution in [3.63, 3.8) is 0 Å². The molecule has 0 saturated carbocycles. The Kier molecular flexibility index (Phi) is 15.2. The second kappa shape index (κ2) is 16.6. The molecule has 14 nitrogen and oxygen atoms in total. The number of hydrogen-bond acceptors (Lipinski definition) is 8. The van der Waals surface area contributed by atoms with Gasteiger partial charge in [-0.2, -0.15) is 0 Å². The Hall–Kier alpha value is -2.97. The third-order valence-electron chi connectivity index (χ3n) is 4.93. The Morgan fingerprint density at radius 2 is 1.47 bits per heavy atom. The number of rotatable bonds is 17. The van der Waals surface area contributed by atoms with Gasteiger partial charge in [-0.25, -0.2) is 4.79 Å². The molecular formula is C20H40N8O6. The first-order valence-corrected chi connectivity index (χ1v) is 11.2. The Bertz CT molecular complexity index is 699. The minimum absolute atomic E-state index is 0.118. The Morgan fingerprint density at radius 1 is 0.882 bits per heavy atom. The highest BCUT2D eigenvalue weighted by Gasteiger charge is 2.30. The topological polar surface area (TPSA) is 261 Å². The molecule has 4 atom stereocenters. The van der Waals surface area contributed by atoms with Crippen molar-refractivity contribution >= 4 is 29.7 Å². The summed E-state index contributed by atoms with van der Waals surface area (Å²) in [6.45, 7) is 3.09. The SMILES string of the molecule is CC(C)C(NC(=O)C(CO)NC(=O)C(CCCN=C(N)N)NC(=O)C(N)CCCCN)C(=O)O. The van der Waals surface area contributed by atoms with Gasteiger partial charge in [0.2, 0.25) is 17.7 Å². The minimum atomic E-state index is -1.43. The monoisotopic (exact) mass is 488 g/mol. The largest absolute Gasteiger partial charge is 0.480 e. The van der Waals surface area contributed by atoms with Gasteiger partial charge in [0.1, 0.15) is 18.1 Å². The number of aliphatic carboxylic acids is 1. The van der Waals surface area contributed by atoms with Gasteiger partial charge in [0, 0.05) is 6.54 Å². The normalized spacial score (nSPS) is 14.4. The maximum Gasteiger partial charge on any atom is 0.326 e. The second-order valence-corrected chi connectivity index (χ2v) is 8.21. The number of carbonyl (C=O) groups is 4. The van der Waals surface area contributed by atoms with E-state index in [9.17, 15) is 29.4 Å². The minimum Gasteiger partial charge on any atom is -0.480 e. The molecule has 0 aromatic carbocycles. The maximum atomic E-state index is 12.8. The molecule has 0 aromatic heterocycles. The van der Waals surface area contributed by atoms with E-state index in [2.05, 4.69) is 20.9 Å². The van der Waals surface area contributed by atoms with E-state index in [4.69, 9.17) is 22.9 Å². The van der Waals surface area contributed by atoms with Crippen molar-refractivity contribution in [2.24, 2.45) is 33.8 Å². The number of aliphatic imine (C=N–C) groups is 1. The molecule has 0 aromatic rings. The number of carboxylic acids is 1. The van der Waals surface area contributed by atoms with Crippen LogP contribution in [0.25, 0.3) is 0 Å². The van der Waals surface area contributed by atoms with Gasteiger partial charge in [-0.15, -0.1) is 0 Å². The van der Waals surface area contributed by atoms with E-state index in [0.717, 1.165) is 0 Å². The quantitative estimate of drug-likeness (QED) is 0.0558. The number of aliphatic hydroxyl groups excluding tert-OH is 1. The number of aliphatic hydroxyl groups is 1. The first kappa shape index (κ1) is 31.0. The molecule has 0 aliphatic heterocycles. The van der Waals surface area contributed by atoms with Gasteiger partial charge in [0.05, 0.1) is 12.6 Å². The number of carboxylic acid groups (broad SMARTS) is 1. The molecule has 0 spiro atoms. The van der Waals surface area contributed by atoms with Crippen LogP contribution < -0.4 is 38.9 Å². The van der Waals surface area contributed by atoms with E-state index in [1.807, 2.05) is 0 Å². The number of amides is 3. The molecule has 0 fully saturated rings. The number of unbranched alkanes of at least 4 members (excludes halogenated alkanes) is 1. The molecule has 4 unspecified atom stereocenters. The lowest BCUT2D eigenvalue weighted by Gasteiger charge is -2.25. The van der Waals surface area contributed by atoms with Crippen molar-refractivity contribution in [3.8, 4) is 0 Å². The molecule has 0 radical (unpaired) electrons. The van der Waals surface area contributed by atoms with Crippen LogP contribution in [0.5, 0.6) is 0 Å². The van der Waals surface area contributed by atoms with Crippen LogP contribution in [0.2, 0.25) is 0 Å². The molecule has 196 valence electrons. The lowest BCUT2D eigenvalue weighted by molar-refractivity contribution is -0.143. The number of nitrogens with one attached hydrogen (secondary N) is 3. The molecule has 0 aliphatic rings. The Balaban J connectivity index is 5.30. The number of nitrogens with two attached hydrogens (primary N) is 4. The van der Waals surface area contributed by atoms with E-state index in [0.29, 0.717) is 32.2 Å². The summed E-state index contributed by atoms with van der Waals surface area (Å²) < 4.78 is 0. The first-order chi connectivity index (χ1) is 15.9. The summed E-state index contributed by atoms with van der Waals surface area (Å²) >= 11 is 0. The molecule has 0 saturated heterocycles. The summed E-state index contributed by atoms with van der Waals surface area (Å²) in [5.41, 5.74) is 21.9. The van der Waals surface area contributed by atoms with Crippen LogP contribution in [0.1, 0.15) is 46.0 Å². The van der Waals surface area contributed by atoms with E-state index in [1.54, 1.807) is 13.8 Å². The van der Waals surface area contributed by atoms with Crippen molar-refractivity contribution in [1.82, 2.24) is 16.0 Å². The average molecular weight is 489 g/mol. The summed E-state index contributed by atoms with van der Waals surface area (Å²) in [4.78, 5) is 52.9. The van der Waals surface area contributed by atoms with Crippen LogP contribution in [0, 0.1) is 5.92 Å². The van der Waals surface area contributed by atoms with Crippen LogP contribution in [0.4, 0.5) is 0 Å². The van der Waals surface area contributed by atoms with E-state index < -0.39 is 60.4 Å². The molecule has 14 heteroatoms. The number of hydrogen-bond donors (Lipinski definition) is 9. The molecule has 0 heterocycles. The first-order valence-electron chi connectivity index (χ1n) is 11.2. The summed E-state index contributed by atoms with van der Waals surface area (Å²) in [6, 6.07) is -4.59. The second-order valence-electron chi connectivity index (χ2n) is 8.21. The zero-order chi connectivity index (χ0) is 26.3. The van der Waals surface area contributed by atoms with Crippen molar-refractivity contribution in [2.45, 2.75) is 70.1 Å². The molecule has 0 bridgehead atoms. The van der Waals surface area contributed by atoms with Crippen LogP contribution in [-0.2, 0) is 19.2 Å². The zero-order valence-electron chi connectivity index (χ0n) is 19.8. The van der Waals surface area contributed by atoms with Crippen molar-refractivity contribution < 1.29 is 29.4 Å². The fourth-order valence-corrected chi connectivity index (χ4v) is 2.92. The summed E-state index contributed by atoms with van der Waals surface area (Å²) in [5.74, 6) is -3.99. The predicted octanol–water partition coefficient (Wildman–Crippen LogP) is -3.32. The van der Waals surface area contributed by atoms with Gasteiger partial charge >= 0.3 is 5.97 Å². The molecular weight excluding hydrogens is 448 g/mol. The maximum absolute atomic E-state index is 12.8. The fourth-order valence-electron chi connectivity index (χ4n) is 2.92. The summed E-state index contributed by atoms with van der Waals surface area (Å²) in [5, 5.41) is 26.0. The molecule has 13 N–H and O–H groups in total. The van der Waals surface area contributed by atoms with Crippen molar-refractivity contribution in [3.05, 3.63) is 0 Å². The Labute approximate surface area is 199 Å². The highest BCUT2D eigenvalue weighted by atomic mass is 16.4. The van der Waals surface area contributed by atoms with E-state index >= 15 is 0 Å². The van der Waals surface area contributed by atoms with Crippen LogP contribution in [0.3, 0.4) is 0 Å². The molecule has 0 aliphatic carbocycles. The van der Waals surface area contributed by atoms with Gasteiger partial charge in [0.25, 0.3) is 0 Å². The summed E-state index contributed by atoms with van der Waals surface area (Å²) in [7, 11) is 0. The highest BCUT2D eigenvalue weighted by Crippen LogP contribution is 2.05. The van der Waals surface area contributed by atoms with Gasteiger partial charge in [-0.05, 0) is 38.1 Å². The smallest absolute Gasteiger partial charge is 0.326 e. The van der Waals surface area contributed by atoms with Crippen LogP contribution in [-0.4, -0.2) is 83.7 Å². The van der Waals surface area contributed by atoms with Gasteiger partial charge in [0.15, 0.2) is 5.96 Å². The van der Waals surface area contributed by atoms with E-state index in [1.165, 1.54) is 0 Å². The number of carbonyl (C=O) groups excluding carboxylic acids is 3. The third kappa shape index (κ3) is 12.3. The van der Waals surface area contributed by atoms with E-state index in [-0.39, 0.29) is 18.9 Å². The summed E-state index contributed by atoms with van der Waals surface area (Å²) in [6.07, 6.45) is 2.15. The zero-order valence-corrected chi connectivity index (χ0v) is 19.8. The van der Waals surface area contributed by atoms with Gasteiger partial charge in [-0.1, -0.05) is 20.3 Å². The predicted molar refractivity (Wildman–Crippen MR) is 126 cm³/mol. The Morgan fingerprint density at radius 3 is 1.97 bits per heavy atom. The molecule has 0 rings (SSSR count). The lowest BCUT2D eigenvalue weighted by Crippen LogP contribution is -2.58. The van der Waals surface area contributed by atoms with Crippen molar-refractivity contribution in [2.75, 3.05) is 19.7 Å². The standard InChI is InChI=1S/C20H40N8O6/c1-11(2)15(19(33)34)28-18(32)14(10-29)27-17(31)13(7-5-9-25-20(23)24)26-16(30)12(22)6-3-4-8-21/h11-15,29H,3-10,21-22H2,1-2H3,(H,26,30)(H,27,31)(H,28,32)(H,33,34)(H4,23,24,25). The highest BCUT2D eigenvalue weighted by molar-refractivity contribution is 5.94. The van der Waals surface area contributed by atoms with Crippen LogP contribution in [0.15, 0.2) is 4.99 Å². The number of nitrogens with zero attached hydrogens (tertiary/aromatic N) is 1. The average Bonchev–Trinajstić information content (AvgIpc) is 2.76. The van der Waals surface area contributed by atoms with Crippen molar-refractivity contribution in [1.29, 1.82) is 0 Å². The molecule has 3 amide bonds. The third-order valence-corrected chi connectivity index (χ3v) is 4.93. The number of guanidine groups is 1. The lowest BCUT2D eigenvalue weighted by atomic mass is 10.0. The molecule has 34 heavy (non-hydrogen) atoms. The van der Waals surface area contributed by atoms with Gasteiger partial charge < -0.3 is 49.1 Å². The van der Waals surface area contributed by atoms with Gasteiger partial charge in [-0.3, -0.25) is 19.4 Å². The van der Waals surface area contributed by atoms with Crippen LogP contribution >= 0.6 is 0 Å². The fraction of sp³-hybridized carbons (Fsp3) is 0.750.